The molecule has 0 aliphatic carbocycles. The van der Waals surface area contributed by atoms with Gasteiger partial charge in [0.1, 0.15) is 12.2 Å². The number of rotatable bonds is 2. The second-order valence-electron chi connectivity index (χ2n) is 3.61. The van der Waals surface area contributed by atoms with Crippen molar-refractivity contribution < 1.29 is 37.0 Å². The van der Waals surface area contributed by atoms with Crippen LogP contribution in [0.25, 0.3) is 0 Å². The van der Waals surface area contributed by atoms with Crippen molar-refractivity contribution in [1.82, 2.24) is 0 Å². The van der Waals surface area contributed by atoms with Crippen LogP contribution < -0.4 is 4.74 Å². The Bertz CT molecular complexity index is 478. The molecule has 1 heterocycles. The van der Waals surface area contributed by atoms with Crippen molar-refractivity contribution in [3.05, 3.63) is 29.8 Å². The van der Waals surface area contributed by atoms with E-state index in [9.17, 15) is 22.8 Å². The van der Waals surface area contributed by atoms with E-state index in [-0.39, 0.29) is 5.56 Å². The molecule has 1 aromatic carbocycles. The Morgan fingerprint density at radius 3 is 2.05 bits per heavy atom. The van der Waals surface area contributed by atoms with E-state index in [1.807, 2.05) is 0 Å². The maximum Gasteiger partial charge on any atom is 0.573 e. The zero-order valence-corrected chi connectivity index (χ0v) is 9.27. The van der Waals surface area contributed by atoms with E-state index in [2.05, 4.69) is 4.74 Å². The molecule has 0 bridgehead atoms. The highest BCUT2D eigenvalue weighted by Crippen LogP contribution is 2.28. The van der Waals surface area contributed by atoms with Gasteiger partial charge in [-0.05, 0) is 24.3 Å². The van der Waals surface area contributed by atoms with Crippen molar-refractivity contribution >= 4 is 11.9 Å². The Morgan fingerprint density at radius 1 is 1.05 bits per heavy atom. The number of alkyl halides is 3. The smallest absolute Gasteiger partial charge is 0.420 e. The van der Waals surface area contributed by atoms with E-state index in [0.717, 1.165) is 12.1 Å². The molecule has 1 aliphatic heterocycles. The first-order chi connectivity index (χ1) is 8.83. The maximum absolute atomic E-state index is 11.9. The van der Waals surface area contributed by atoms with Crippen LogP contribution in [0, 0.1) is 0 Å². The Hall–Kier alpha value is -2.25. The van der Waals surface area contributed by atoms with Gasteiger partial charge in [0.2, 0.25) is 0 Å². The lowest BCUT2D eigenvalue weighted by Gasteiger charge is -2.22. The van der Waals surface area contributed by atoms with Crippen LogP contribution in [0.15, 0.2) is 24.3 Å². The molecule has 8 heteroatoms. The molecule has 1 aromatic rings. The van der Waals surface area contributed by atoms with Gasteiger partial charge in [0, 0.05) is 5.56 Å². The number of esters is 2. The molecule has 1 fully saturated rings. The SMILES string of the molecule is O=C1CC(=O)OC(c2ccc(OC(F)(F)F)cc2)O1. The van der Waals surface area contributed by atoms with E-state index < -0.39 is 36.8 Å². The fraction of sp³-hybridized carbons (Fsp3) is 0.273. The minimum absolute atomic E-state index is 0.232. The number of ether oxygens (including phenoxy) is 3. The lowest BCUT2D eigenvalue weighted by atomic mass is 10.2. The van der Waals surface area contributed by atoms with Gasteiger partial charge < -0.3 is 14.2 Å². The zero-order chi connectivity index (χ0) is 14.0. The number of carbonyl (C=O) groups is 2. The van der Waals surface area contributed by atoms with Gasteiger partial charge in [0.15, 0.2) is 0 Å². The van der Waals surface area contributed by atoms with Gasteiger partial charge in [0.05, 0.1) is 0 Å². The molecule has 1 aliphatic rings. The molecule has 0 radical (unpaired) electrons. The van der Waals surface area contributed by atoms with Crippen LogP contribution in [0.5, 0.6) is 5.75 Å². The van der Waals surface area contributed by atoms with Crippen LogP contribution in [-0.2, 0) is 19.1 Å². The molecule has 0 unspecified atom stereocenters. The van der Waals surface area contributed by atoms with Crippen LogP contribution in [0.2, 0.25) is 0 Å². The van der Waals surface area contributed by atoms with Crippen LogP contribution >= 0.6 is 0 Å². The summed E-state index contributed by atoms with van der Waals surface area (Å²) in [6.07, 6.45) is -6.51. The van der Waals surface area contributed by atoms with Crippen molar-refractivity contribution in [3.8, 4) is 5.75 Å². The number of hydrogen-bond acceptors (Lipinski definition) is 5. The first-order valence-electron chi connectivity index (χ1n) is 5.08. The second kappa shape index (κ2) is 4.79. The molecule has 0 amide bonds. The third kappa shape index (κ3) is 3.60. The number of cyclic esters (lactones) is 2. The van der Waals surface area contributed by atoms with Gasteiger partial charge in [0.25, 0.3) is 6.29 Å². The molecule has 102 valence electrons. The van der Waals surface area contributed by atoms with Gasteiger partial charge in [-0.25, -0.2) is 0 Å². The molecule has 0 aromatic heterocycles. The summed E-state index contributed by atoms with van der Waals surface area (Å²) < 4.78 is 49.0. The Morgan fingerprint density at radius 2 is 1.58 bits per heavy atom. The average Bonchev–Trinajstić information content (AvgIpc) is 2.26. The molecule has 5 nitrogen and oxygen atoms in total. The highest BCUT2D eigenvalue weighted by molar-refractivity contribution is 5.92. The summed E-state index contributed by atoms with van der Waals surface area (Å²) in [6, 6.07) is 4.47. The first-order valence-corrected chi connectivity index (χ1v) is 5.08. The van der Waals surface area contributed by atoms with Crippen molar-refractivity contribution in [1.29, 1.82) is 0 Å². The van der Waals surface area contributed by atoms with Gasteiger partial charge in [-0.2, -0.15) is 0 Å². The highest BCUT2D eigenvalue weighted by atomic mass is 19.4. The van der Waals surface area contributed by atoms with E-state index in [4.69, 9.17) is 9.47 Å². The zero-order valence-electron chi connectivity index (χ0n) is 9.27. The Balaban J connectivity index is 2.10. The predicted molar refractivity (Wildman–Crippen MR) is 52.7 cm³/mol. The van der Waals surface area contributed by atoms with Crippen LogP contribution in [0.3, 0.4) is 0 Å². The number of carbonyl (C=O) groups excluding carboxylic acids is 2. The number of hydrogen-bond donors (Lipinski definition) is 0. The number of halogens is 3. The molecule has 19 heavy (non-hydrogen) atoms. The normalized spacial score (nSPS) is 16.8. The third-order valence-electron chi connectivity index (χ3n) is 2.15. The van der Waals surface area contributed by atoms with Crippen LogP contribution in [0.4, 0.5) is 13.2 Å². The monoisotopic (exact) mass is 276 g/mol. The largest absolute Gasteiger partial charge is 0.573 e. The van der Waals surface area contributed by atoms with Crippen molar-refractivity contribution in [2.75, 3.05) is 0 Å². The summed E-state index contributed by atoms with van der Waals surface area (Å²) >= 11 is 0. The standard InChI is InChI=1S/C11H7F3O5/c12-11(13,14)19-7-3-1-6(2-4-7)10-17-8(15)5-9(16)18-10/h1-4,10H,5H2. The summed E-state index contributed by atoms with van der Waals surface area (Å²) in [7, 11) is 0. The van der Waals surface area contributed by atoms with E-state index in [1.165, 1.54) is 12.1 Å². The fourth-order valence-electron chi connectivity index (χ4n) is 1.43. The molecule has 0 saturated carbocycles. The van der Waals surface area contributed by atoms with Gasteiger partial charge in [-0.1, -0.05) is 0 Å². The Labute approximate surface area is 104 Å². The molecule has 2 rings (SSSR count). The summed E-state index contributed by atoms with van der Waals surface area (Å²) in [6.45, 7) is 0. The molecule has 0 atom stereocenters. The summed E-state index contributed by atoms with van der Waals surface area (Å²) in [5.41, 5.74) is 0.232. The summed E-state index contributed by atoms with van der Waals surface area (Å²) in [4.78, 5) is 22.0. The first kappa shape index (κ1) is 13.2. The van der Waals surface area contributed by atoms with Crippen molar-refractivity contribution in [2.45, 2.75) is 19.1 Å². The van der Waals surface area contributed by atoms with Crippen LogP contribution in [-0.4, -0.2) is 18.3 Å². The molecular weight excluding hydrogens is 269 g/mol. The maximum atomic E-state index is 11.9. The van der Waals surface area contributed by atoms with Gasteiger partial charge in [-0.3, -0.25) is 9.59 Å². The van der Waals surface area contributed by atoms with E-state index in [1.54, 1.807) is 0 Å². The fourth-order valence-corrected chi connectivity index (χ4v) is 1.43. The molecular formula is C11H7F3O5. The van der Waals surface area contributed by atoms with E-state index >= 15 is 0 Å². The van der Waals surface area contributed by atoms with Crippen molar-refractivity contribution in [3.63, 3.8) is 0 Å². The summed E-state index contributed by atoms with van der Waals surface area (Å²) in [5.74, 6) is -1.93. The Kier molecular flexibility index (Phi) is 3.32. The van der Waals surface area contributed by atoms with E-state index in [0.29, 0.717) is 0 Å². The molecule has 0 N–H and O–H groups in total. The molecule has 1 saturated heterocycles. The van der Waals surface area contributed by atoms with Gasteiger partial charge in [-0.15, -0.1) is 13.2 Å². The topological polar surface area (TPSA) is 61.8 Å². The lowest BCUT2D eigenvalue weighted by Crippen LogP contribution is -2.26. The second-order valence-corrected chi connectivity index (χ2v) is 3.61. The van der Waals surface area contributed by atoms with Crippen molar-refractivity contribution in [2.24, 2.45) is 0 Å². The quantitative estimate of drug-likeness (QED) is 0.611. The highest BCUT2D eigenvalue weighted by Gasteiger charge is 2.32. The summed E-state index contributed by atoms with van der Waals surface area (Å²) in [5, 5.41) is 0. The molecule has 0 spiro atoms. The van der Waals surface area contributed by atoms with Crippen LogP contribution in [0.1, 0.15) is 18.3 Å². The minimum atomic E-state index is -4.79. The predicted octanol–water partition coefficient (Wildman–Crippen LogP) is 2.07. The third-order valence-corrected chi connectivity index (χ3v) is 2.15. The minimum Gasteiger partial charge on any atom is -0.420 e. The number of benzene rings is 1. The average molecular weight is 276 g/mol. The lowest BCUT2D eigenvalue weighted by molar-refractivity contribution is -0.274. The van der Waals surface area contributed by atoms with Gasteiger partial charge >= 0.3 is 18.3 Å².